The minimum Gasteiger partial charge on any atom is -0.507 e. The summed E-state index contributed by atoms with van der Waals surface area (Å²) in [6, 6.07) is 6.13. The molecule has 0 aliphatic heterocycles. The highest BCUT2D eigenvalue weighted by Gasteiger charge is 2.23. The van der Waals surface area contributed by atoms with Crippen LogP contribution >= 0.6 is 11.6 Å². The molecule has 0 fully saturated rings. The van der Waals surface area contributed by atoms with Crippen molar-refractivity contribution in [2.24, 2.45) is 16.5 Å². The summed E-state index contributed by atoms with van der Waals surface area (Å²) in [6.45, 7) is 7.19. The van der Waals surface area contributed by atoms with Gasteiger partial charge in [-0.15, -0.1) is 0 Å². The number of phenolic OH excluding ortho intramolecular Hbond substituents is 1. The van der Waals surface area contributed by atoms with E-state index in [2.05, 4.69) is 9.84 Å². The molecule has 2 aromatic rings. The van der Waals surface area contributed by atoms with Crippen LogP contribution in [-0.4, -0.2) is 17.0 Å². The van der Waals surface area contributed by atoms with E-state index in [1.807, 2.05) is 0 Å². The monoisotopic (exact) mass is 332 g/mol. The smallest absolute Gasteiger partial charge is 0.283 e. The molecule has 0 aliphatic rings. The molecule has 0 bridgehead atoms. The number of nitrogens with zero attached hydrogens (tertiary/aromatic N) is 2. The summed E-state index contributed by atoms with van der Waals surface area (Å²) in [6.07, 6.45) is 0. The van der Waals surface area contributed by atoms with Crippen LogP contribution in [0.3, 0.4) is 0 Å². The normalized spacial score (nSPS) is 9.96. The molecule has 0 heterocycles. The molecule has 6 nitrogen and oxygen atoms in total. The van der Waals surface area contributed by atoms with E-state index in [9.17, 15) is 14.3 Å². The van der Waals surface area contributed by atoms with Crippen molar-refractivity contribution >= 4 is 29.2 Å². The first-order valence-electron chi connectivity index (χ1n) is 6.18. The summed E-state index contributed by atoms with van der Waals surface area (Å²) in [5.41, 5.74) is 9.73. The Hall–Kier alpha value is -3.11. The maximum atomic E-state index is 14.2. The summed E-state index contributed by atoms with van der Waals surface area (Å²) >= 11 is 5.71. The second-order valence-corrected chi connectivity index (χ2v) is 4.87. The second-order valence-electron chi connectivity index (χ2n) is 4.43. The molecule has 0 saturated heterocycles. The summed E-state index contributed by atoms with van der Waals surface area (Å²) in [4.78, 5) is 18.7. The summed E-state index contributed by atoms with van der Waals surface area (Å²) in [7, 11) is 0. The van der Waals surface area contributed by atoms with Gasteiger partial charge in [-0.1, -0.05) is 23.7 Å². The minimum absolute atomic E-state index is 0.0434. The average Bonchev–Trinajstić information content (AvgIpc) is 2.46. The summed E-state index contributed by atoms with van der Waals surface area (Å²) in [5.74, 6) is -2.74. The molecular formula is C15H10ClFN4O2. The Morgan fingerprint density at radius 3 is 2.57 bits per heavy atom. The van der Waals surface area contributed by atoms with Crippen LogP contribution in [0.2, 0.25) is 5.02 Å². The van der Waals surface area contributed by atoms with Crippen LogP contribution in [0, 0.1) is 12.4 Å². The highest BCUT2D eigenvalue weighted by atomic mass is 35.5. The molecule has 0 atom stereocenters. The lowest BCUT2D eigenvalue weighted by atomic mass is 9.96. The summed E-state index contributed by atoms with van der Waals surface area (Å²) < 4.78 is 14.2. The Labute approximate surface area is 135 Å². The van der Waals surface area contributed by atoms with Gasteiger partial charge in [-0.3, -0.25) is 4.79 Å². The molecule has 8 heteroatoms. The number of amides is 1. The van der Waals surface area contributed by atoms with E-state index in [4.69, 9.17) is 29.6 Å². The van der Waals surface area contributed by atoms with Crippen LogP contribution in [0.25, 0.3) is 16.0 Å². The van der Waals surface area contributed by atoms with Crippen molar-refractivity contribution in [3.8, 4) is 16.9 Å². The number of carbonyl (C=O) groups is 1. The number of aromatic hydroxyl groups is 1. The lowest BCUT2D eigenvalue weighted by Crippen LogP contribution is -2.24. The third-order valence-corrected chi connectivity index (χ3v) is 3.16. The Morgan fingerprint density at radius 2 is 2.00 bits per heavy atom. The van der Waals surface area contributed by atoms with Gasteiger partial charge in [0, 0.05) is 16.1 Å². The Morgan fingerprint density at radius 1 is 1.30 bits per heavy atom. The molecule has 5 N–H and O–H groups in total. The number of carbonyl (C=O) groups excluding carboxylic acids is 1. The second kappa shape index (κ2) is 6.34. The molecule has 0 saturated carbocycles. The molecule has 0 radical (unpaired) electrons. The van der Waals surface area contributed by atoms with Gasteiger partial charge in [-0.05, 0) is 18.2 Å². The molecule has 0 aliphatic carbocycles. The highest BCUT2D eigenvalue weighted by molar-refractivity contribution is 6.30. The molecule has 0 aromatic heterocycles. The molecule has 116 valence electrons. The Balaban J connectivity index is 2.85. The fourth-order valence-electron chi connectivity index (χ4n) is 2.03. The molecule has 2 aromatic carbocycles. The molecule has 0 unspecified atom stereocenters. The van der Waals surface area contributed by atoms with Crippen molar-refractivity contribution in [2.45, 2.75) is 0 Å². The quantitative estimate of drug-likeness (QED) is 0.446. The van der Waals surface area contributed by atoms with E-state index in [1.54, 1.807) is 0 Å². The van der Waals surface area contributed by atoms with E-state index in [-0.39, 0.29) is 27.4 Å². The highest BCUT2D eigenvalue weighted by Crippen LogP contribution is 2.40. The third kappa shape index (κ3) is 3.22. The zero-order valence-electron chi connectivity index (χ0n) is 11.5. The molecule has 2 rings (SSSR count). The number of rotatable bonds is 2. The standard InChI is InChI=1S/C15H10ClFN4O2/c1-20-10-4-5-11(22)13(14(23)21-15(18)19)12(10)8-3-2-7(16)6-9(8)17/h2-6,22H,(H4,18,19,21,23). The molecule has 23 heavy (non-hydrogen) atoms. The van der Waals surface area contributed by atoms with E-state index >= 15 is 0 Å². The Kier molecular flexibility index (Phi) is 4.48. The van der Waals surface area contributed by atoms with Gasteiger partial charge < -0.3 is 16.6 Å². The Bertz CT molecular complexity index is 871. The van der Waals surface area contributed by atoms with Gasteiger partial charge >= 0.3 is 0 Å². The fraction of sp³-hybridized carbons (Fsp3) is 0. The van der Waals surface area contributed by atoms with Crippen LogP contribution in [0.1, 0.15) is 10.4 Å². The number of aliphatic imine (C=N–C) groups is 1. The SMILES string of the molecule is [C-]#[N+]c1ccc(O)c(C(=O)N=C(N)N)c1-c1ccc(Cl)cc1F. The largest absolute Gasteiger partial charge is 0.507 e. The number of nitrogens with two attached hydrogens (primary N) is 2. The van der Waals surface area contributed by atoms with Crippen molar-refractivity contribution < 1.29 is 14.3 Å². The number of benzene rings is 2. The topological polar surface area (TPSA) is 106 Å². The van der Waals surface area contributed by atoms with Crippen molar-refractivity contribution in [3.63, 3.8) is 0 Å². The first kappa shape index (κ1) is 16.3. The first-order chi connectivity index (χ1) is 10.8. The predicted octanol–water partition coefficient (Wildman–Crippen LogP) is 2.82. The van der Waals surface area contributed by atoms with Gasteiger partial charge in [0.2, 0.25) is 0 Å². The van der Waals surface area contributed by atoms with Crippen molar-refractivity contribution in [1.29, 1.82) is 0 Å². The summed E-state index contributed by atoms with van der Waals surface area (Å²) in [5, 5.41) is 10.1. The maximum absolute atomic E-state index is 14.2. The number of halogens is 2. The van der Waals surface area contributed by atoms with Gasteiger partial charge in [0.05, 0.1) is 12.1 Å². The molecular weight excluding hydrogens is 323 g/mol. The number of hydrogen-bond donors (Lipinski definition) is 3. The van der Waals surface area contributed by atoms with E-state index in [1.165, 1.54) is 18.2 Å². The minimum atomic E-state index is -0.989. The zero-order valence-corrected chi connectivity index (χ0v) is 12.3. The predicted molar refractivity (Wildman–Crippen MR) is 84.9 cm³/mol. The number of guanidine groups is 1. The van der Waals surface area contributed by atoms with Crippen molar-refractivity contribution in [1.82, 2.24) is 0 Å². The van der Waals surface area contributed by atoms with Gasteiger partial charge in [0.1, 0.15) is 11.6 Å². The number of hydrogen-bond acceptors (Lipinski definition) is 2. The van der Waals surface area contributed by atoms with Crippen LogP contribution in [0.15, 0.2) is 35.3 Å². The zero-order chi connectivity index (χ0) is 17.1. The van der Waals surface area contributed by atoms with E-state index < -0.39 is 23.4 Å². The van der Waals surface area contributed by atoms with E-state index in [0.717, 1.165) is 12.1 Å². The third-order valence-electron chi connectivity index (χ3n) is 2.93. The van der Waals surface area contributed by atoms with Crippen LogP contribution in [0.5, 0.6) is 5.75 Å². The lowest BCUT2D eigenvalue weighted by molar-refractivity contribution is 0.100. The van der Waals surface area contributed by atoms with Gasteiger partial charge in [-0.25, -0.2) is 9.24 Å². The van der Waals surface area contributed by atoms with Gasteiger partial charge in [0.15, 0.2) is 11.6 Å². The van der Waals surface area contributed by atoms with Gasteiger partial charge in [0.25, 0.3) is 5.91 Å². The first-order valence-corrected chi connectivity index (χ1v) is 6.55. The van der Waals surface area contributed by atoms with Crippen LogP contribution in [-0.2, 0) is 0 Å². The fourth-order valence-corrected chi connectivity index (χ4v) is 2.19. The van der Waals surface area contributed by atoms with Crippen molar-refractivity contribution in [2.75, 3.05) is 0 Å². The van der Waals surface area contributed by atoms with Crippen LogP contribution in [0.4, 0.5) is 10.1 Å². The lowest BCUT2D eigenvalue weighted by Gasteiger charge is -2.12. The number of phenols is 1. The molecule has 0 spiro atoms. The van der Waals surface area contributed by atoms with Gasteiger partial charge in [-0.2, -0.15) is 4.99 Å². The molecule has 1 amide bonds. The van der Waals surface area contributed by atoms with Crippen LogP contribution < -0.4 is 11.5 Å². The average molecular weight is 333 g/mol. The van der Waals surface area contributed by atoms with Crippen molar-refractivity contribution in [3.05, 3.63) is 58.2 Å². The van der Waals surface area contributed by atoms with E-state index in [0.29, 0.717) is 0 Å². The maximum Gasteiger partial charge on any atom is 0.283 e.